The topological polar surface area (TPSA) is 46.6 Å². The molecule has 1 unspecified atom stereocenters. The fourth-order valence-corrected chi connectivity index (χ4v) is 3.29. The number of hydrogen-bond acceptors (Lipinski definition) is 3. The third-order valence-corrected chi connectivity index (χ3v) is 4.27. The molecule has 0 spiro atoms. The SMILES string of the molecule is CS(=O)(=O)N1CCCC1COc1ccccc1. The Morgan fingerprint density at radius 3 is 2.71 bits per heavy atom. The van der Waals surface area contributed by atoms with Gasteiger partial charge in [-0.1, -0.05) is 18.2 Å². The maximum atomic E-state index is 11.5. The van der Waals surface area contributed by atoms with E-state index in [0.29, 0.717) is 13.2 Å². The molecule has 0 N–H and O–H groups in total. The van der Waals surface area contributed by atoms with E-state index in [1.807, 2.05) is 30.3 Å². The Bertz CT molecular complexity index is 458. The van der Waals surface area contributed by atoms with Gasteiger partial charge in [-0.05, 0) is 25.0 Å². The molecule has 1 fully saturated rings. The van der Waals surface area contributed by atoms with Gasteiger partial charge in [0.1, 0.15) is 12.4 Å². The molecule has 4 nitrogen and oxygen atoms in total. The highest BCUT2D eigenvalue weighted by Crippen LogP contribution is 2.21. The maximum Gasteiger partial charge on any atom is 0.211 e. The van der Waals surface area contributed by atoms with Crippen LogP contribution in [0.25, 0.3) is 0 Å². The van der Waals surface area contributed by atoms with Crippen LogP contribution in [0.2, 0.25) is 0 Å². The lowest BCUT2D eigenvalue weighted by atomic mass is 10.2. The van der Waals surface area contributed by atoms with Crippen molar-refractivity contribution in [3.63, 3.8) is 0 Å². The smallest absolute Gasteiger partial charge is 0.211 e. The first kappa shape index (κ1) is 12.4. The van der Waals surface area contributed by atoms with E-state index >= 15 is 0 Å². The molecule has 0 amide bonds. The molecule has 1 atom stereocenters. The zero-order valence-corrected chi connectivity index (χ0v) is 10.7. The van der Waals surface area contributed by atoms with Gasteiger partial charge >= 0.3 is 0 Å². The summed E-state index contributed by atoms with van der Waals surface area (Å²) in [7, 11) is -3.10. The molecular formula is C12H17NO3S. The summed E-state index contributed by atoms with van der Waals surface area (Å²) in [6.07, 6.45) is 3.05. The Labute approximate surface area is 102 Å². The number of sulfonamides is 1. The van der Waals surface area contributed by atoms with Gasteiger partial charge in [0.15, 0.2) is 0 Å². The Hall–Kier alpha value is -1.07. The minimum atomic E-state index is -3.10. The van der Waals surface area contributed by atoms with Gasteiger partial charge in [-0.3, -0.25) is 0 Å². The highest BCUT2D eigenvalue weighted by Gasteiger charge is 2.31. The number of nitrogens with zero attached hydrogens (tertiary/aromatic N) is 1. The standard InChI is InChI=1S/C12H17NO3S/c1-17(14,15)13-9-5-6-11(13)10-16-12-7-3-2-4-8-12/h2-4,7-8,11H,5-6,9-10H2,1H3. The summed E-state index contributed by atoms with van der Waals surface area (Å²) >= 11 is 0. The van der Waals surface area contributed by atoms with E-state index in [1.54, 1.807) is 0 Å². The highest BCUT2D eigenvalue weighted by molar-refractivity contribution is 7.88. The van der Waals surface area contributed by atoms with E-state index in [-0.39, 0.29) is 6.04 Å². The fourth-order valence-electron chi connectivity index (χ4n) is 2.12. The summed E-state index contributed by atoms with van der Waals surface area (Å²) in [6, 6.07) is 9.45. The van der Waals surface area contributed by atoms with E-state index < -0.39 is 10.0 Å². The lowest BCUT2D eigenvalue weighted by Gasteiger charge is -2.22. The number of para-hydroxylation sites is 1. The number of benzene rings is 1. The molecule has 0 radical (unpaired) electrons. The van der Waals surface area contributed by atoms with Gasteiger partial charge in [-0.2, -0.15) is 4.31 Å². The van der Waals surface area contributed by atoms with Gasteiger partial charge in [0, 0.05) is 6.54 Å². The molecule has 5 heteroatoms. The van der Waals surface area contributed by atoms with E-state index in [4.69, 9.17) is 4.74 Å². The summed E-state index contributed by atoms with van der Waals surface area (Å²) in [4.78, 5) is 0. The first-order valence-corrected chi connectivity index (χ1v) is 7.57. The van der Waals surface area contributed by atoms with Crippen LogP contribution in [0.1, 0.15) is 12.8 Å². The Morgan fingerprint density at radius 1 is 1.35 bits per heavy atom. The van der Waals surface area contributed by atoms with Crippen molar-refractivity contribution in [2.45, 2.75) is 18.9 Å². The predicted molar refractivity (Wildman–Crippen MR) is 66.5 cm³/mol. The average Bonchev–Trinajstić information content (AvgIpc) is 2.75. The average molecular weight is 255 g/mol. The Kier molecular flexibility index (Phi) is 3.69. The summed E-state index contributed by atoms with van der Waals surface area (Å²) in [5.41, 5.74) is 0. The lowest BCUT2D eigenvalue weighted by Crippen LogP contribution is -2.38. The van der Waals surface area contributed by atoms with Crippen molar-refractivity contribution in [3.05, 3.63) is 30.3 Å². The fraction of sp³-hybridized carbons (Fsp3) is 0.500. The minimum Gasteiger partial charge on any atom is -0.492 e. The normalized spacial score (nSPS) is 21.6. The second kappa shape index (κ2) is 5.06. The van der Waals surface area contributed by atoms with Gasteiger partial charge in [0.25, 0.3) is 0 Å². The predicted octanol–water partition coefficient (Wildman–Crippen LogP) is 1.49. The van der Waals surface area contributed by atoms with Crippen LogP contribution >= 0.6 is 0 Å². The molecular weight excluding hydrogens is 238 g/mol. The van der Waals surface area contributed by atoms with Crippen LogP contribution in [-0.4, -0.2) is 38.2 Å². The number of ether oxygens (including phenoxy) is 1. The number of hydrogen-bond donors (Lipinski definition) is 0. The summed E-state index contributed by atoms with van der Waals surface area (Å²) in [6.45, 7) is 1.04. The van der Waals surface area contributed by atoms with Crippen molar-refractivity contribution in [2.24, 2.45) is 0 Å². The van der Waals surface area contributed by atoms with Crippen LogP contribution in [0.5, 0.6) is 5.75 Å². The van der Waals surface area contributed by atoms with Crippen molar-refractivity contribution in [3.8, 4) is 5.75 Å². The minimum absolute atomic E-state index is 0.0230. The van der Waals surface area contributed by atoms with E-state index in [0.717, 1.165) is 18.6 Å². The van der Waals surface area contributed by atoms with Crippen molar-refractivity contribution < 1.29 is 13.2 Å². The molecule has 1 aliphatic rings. The molecule has 0 aromatic heterocycles. The van der Waals surface area contributed by atoms with Gasteiger partial charge in [-0.15, -0.1) is 0 Å². The summed E-state index contributed by atoms with van der Waals surface area (Å²) in [5, 5.41) is 0. The first-order valence-electron chi connectivity index (χ1n) is 5.72. The van der Waals surface area contributed by atoms with Gasteiger partial charge in [0.2, 0.25) is 10.0 Å². The Morgan fingerprint density at radius 2 is 2.06 bits per heavy atom. The van der Waals surface area contributed by atoms with E-state index in [1.165, 1.54) is 10.6 Å². The second-order valence-electron chi connectivity index (χ2n) is 4.29. The molecule has 1 heterocycles. The molecule has 2 rings (SSSR count). The van der Waals surface area contributed by atoms with Crippen molar-refractivity contribution in [1.29, 1.82) is 0 Å². The van der Waals surface area contributed by atoms with Crippen molar-refractivity contribution in [2.75, 3.05) is 19.4 Å². The van der Waals surface area contributed by atoms with Crippen LogP contribution in [0.4, 0.5) is 0 Å². The largest absolute Gasteiger partial charge is 0.492 e. The molecule has 1 aromatic rings. The number of rotatable bonds is 4. The third kappa shape index (κ3) is 3.20. The quantitative estimate of drug-likeness (QED) is 0.819. The molecule has 0 bridgehead atoms. The van der Waals surface area contributed by atoms with Crippen LogP contribution in [0.3, 0.4) is 0 Å². The monoisotopic (exact) mass is 255 g/mol. The first-order chi connectivity index (χ1) is 8.07. The summed E-state index contributed by atoms with van der Waals surface area (Å²) < 4.78 is 30.2. The van der Waals surface area contributed by atoms with Gasteiger partial charge in [-0.25, -0.2) is 8.42 Å². The van der Waals surface area contributed by atoms with Gasteiger partial charge < -0.3 is 4.74 Å². The van der Waals surface area contributed by atoms with E-state index in [2.05, 4.69) is 0 Å². The van der Waals surface area contributed by atoms with Crippen LogP contribution in [0.15, 0.2) is 30.3 Å². The van der Waals surface area contributed by atoms with Crippen LogP contribution in [0, 0.1) is 0 Å². The highest BCUT2D eigenvalue weighted by atomic mass is 32.2. The Balaban J connectivity index is 1.95. The van der Waals surface area contributed by atoms with Crippen molar-refractivity contribution >= 4 is 10.0 Å². The van der Waals surface area contributed by atoms with Gasteiger partial charge in [0.05, 0.1) is 12.3 Å². The zero-order valence-electron chi connectivity index (χ0n) is 9.87. The summed E-state index contributed by atoms with van der Waals surface area (Å²) in [5.74, 6) is 0.785. The molecule has 1 saturated heterocycles. The lowest BCUT2D eigenvalue weighted by molar-refractivity contribution is 0.233. The maximum absolute atomic E-state index is 11.5. The molecule has 1 aliphatic heterocycles. The molecule has 0 saturated carbocycles. The molecule has 0 aliphatic carbocycles. The second-order valence-corrected chi connectivity index (χ2v) is 6.23. The van der Waals surface area contributed by atoms with Crippen LogP contribution < -0.4 is 4.74 Å². The van der Waals surface area contributed by atoms with E-state index in [9.17, 15) is 8.42 Å². The molecule has 1 aromatic carbocycles. The van der Waals surface area contributed by atoms with Crippen molar-refractivity contribution in [1.82, 2.24) is 4.31 Å². The molecule has 17 heavy (non-hydrogen) atoms. The van der Waals surface area contributed by atoms with Crippen LogP contribution in [-0.2, 0) is 10.0 Å². The zero-order chi connectivity index (χ0) is 12.3. The third-order valence-electron chi connectivity index (χ3n) is 2.93. The molecule has 94 valence electrons.